The molecule has 0 spiro atoms. The molecule has 2 fully saturated rings. The number of rotatable bonds is 2. The van der Waals surface area contributed by atoms with Crippen molar-refractivity contribution in [2.24, 2.45) is 0 Å². The minimum Gasteiger partial charge on any atom is -0.353 e. The van der Waals surface area contributed by atoms with Gasteiger partial charge in [-0.3, -0.25) is 9.59 Å². The molecule has 2 unspecified atom stereocenters. The predicted octanol–water partition coefficient (Wildman–Crippen LogP) is -0.525. The van der Waals surface area contributed by atoms with Gasteiger partial charge in [0.2, 0.25) is 11.8 Å². The third-order valence-corrected chi connectivity index (χ3v) is 3.36. The lowest BCUT2D eigenvalue weighted by atomic mass is 10.1. The molecule has 0 saturated carbocycles. The van der Waals surface area contributed by atoms with Crippen LogP contribution >= 0.6 is 0 Å². The molecule has 0 aromatic rings. The number of nitrogens with one attached hydrogen (secondary N) is 2. The summed E-state index contributed by atoms with van der Waals surface area (Å²) in [6, 6.07) is -0.344. The second kappa shape index (κ2) is 4.82. The fourth-order valence-electron chi connectivity index (χ4n) is 2.48. The molecular formula is C11H19N3O2. The number of carbonyl (C=O) groups excluding carboxylic acids is 2. The smallest absolute Gasteiger partial charge is 0.242 e. The largest absolute Gasteiger partial charge is 0.353 e. The van der Waals surface area contributed by atoms with E-state index in [0.29, 0.717) is 19.5 Å². The molecule has 5 heteroatoms. The highest BCUT2D eigenvalue weighted by atomic mass is 16.2. The first-order valence-electron chi connectivity index (χ1n) is 6.05. The zero-order chi connectivity index (χ0) is 11.5. The van der Waals surface area contributed by atoms with Crippen molar-refractivity contribution in [2.45, 2.75) is 38.3 Å². The number of nitrogens with zero attached hydrogens (tertiary/aromatic N) is 1. The van der Waals surface area contributed by atoms with Crippen LogP contribution in [0.3, 0.4) is 0 Å². The van der Waals surface area contributed by atoms with Crippen LogP contribution in [-0.2, 0) is 9.59 Å². The molecule has 2 amide bonds. The Morgan fingerprint density at radius 1 is 1.50 bits per heavy atom. The van der Waals surface area contributed by atoms with Gasteiger partial charge in [0.25, 0.3) is 0 Å². The van der Waals surface area contributed by atoms with Crippen LogP contribution in [0.1, 0.15) is 26.2 Å². The molecule has 0 aromatic carbocycles. The summed E-state index contributed by atoms with van der Waals surface area (Å²) in [4.78, 5) is 25.6. The van der Waals surface area contributed by atoms with E-state index in [1.807, 2.05) is 6.92 Å². The summed E-state index contributed by atoms with van der Waals surface area (Å²) in [5, 5.41) is 6.00. The maximum atomic E-state index is 12.2. The van der Waals surface area contributed by atoms with E-state index in [2.05, 4.69) is 10.6 Å². The highest BCUT2D eigenvalue weighted by Gasteiger charge is 2.35. The zero-order valence-electron chi connectivity index (χ0n) is 9.66. The van der Waals surface area contributed by atoms with Crippen LogP contribution in [0.5, 0.6) is 0 Å². The normalized spacial score (nSPS) is 30.3. The van der Waals surface area contributed by atoms with Crippen LogP contribution in [0.2, 0.25) is 0 Å². The Bertz CT molecular complexity index is 287. The van der Waals surface area contributed by atoms with E-state index in [4.69, 9.17) is 0 Å². The quantitative estimate of drug-likeness (QED) is 0.664. The Hall–Kier alpha value is -1.10. The fourth-order valence-corrected chi connectivity index (χ4v) is 2.48. The summed E-state index contributed by atoms with van der Waals surface area (Å²) in [5.74, 6) is 0.0827. The van der Waals surface area contributed by atoms with Gasteiger partial charge >= 0.3 is 0 Å². The predicted molar refractivity (Wildman–Crippen MR) is 59.8 cm³/mol. The van der Waals surface area contributed by atoms with Crippen LogP contribution in [0.15, 0.2) is 0 Å². The monoisotopic (exact) mass is 225 g/mol. The minimum atomic E-state index is -0.274. The van der Waals surface area contributed by atoms with Gasteiger partial charge in [-0.2, -0.15) is 0 Å². The van der Waals surface area contributed by atoms with Gasteiger partial charge in [-0.25, -0.2) is 0 Å². The highest BCUT2D eigenvalue weighted by molar-refractivity contribution is 5.90. The van der Waals surface area contributed by atoms with E-state index in [0.717, 1.165) is 19.4 Å². The number of piperazine rings is 1. The molecule has 0 aliphatic carbocycles. The van der Waals surface area contributed by atoms with Gasteiger partial charge < -0.3 is 15.5 Å². The summed E-state index contributed by atoms with van der Waals surface area (Å²) in [6.45, 7) is 4.07. The van der Waals surface area contributed by atoms with E-state index in [9.17, 15) is 9.59 Å². The first kappa shape index (κ1) is 11.4. The van der Waals surface area contributed by atoms with Crippen molar-refractivity contribution in [3.8, 4) is 0 Å². The third kappa shape index (κ3) is 2.04. The maximum Gasteiger partial charge on any atom is 0.242 e. The van der Waals surface area contributed by atoms with Crippen molar-refractivity contribution in [1.29, 1.82) is 0 Å². The van der Waals surface area contributed by atoms with E-state index >= 15 is 0 Å². The lowest BCUT2D eigenvalue weighted by Crippen LogP contribution is -2.59. The lowest BCUT2D eigenvalue weighted by molar-refractivity contribution is -0.144. The van der Waals surface area contributed by atoms with Crippen LogP contribution in [0.25, 0.3) is 0 Å². The van der Waals surface area contributed by atoms with Gasteiger partial charge in [0.1, 0.15) is 6.04 Å². The Kier molecular flexibility index (Phi) is 3.43. The standard InChI is InChI=1S/C11H19N3O2/c1-2-9-10(15)13-6-7-14(9)11(16)8-4-3-5-12-8/h8-9,12H,2-7H2,1H3,(H,13,15). The molecule has 2 aliphatic rings. The van der Waals surface area contributed by atoms with Gasteiger partial charge in [0, 0.05) is 13.1 Å². The number of hydrogen-bond acceptors (Lipinski definition) is 3. The summed E-state index contributed by atoms with van der Waals surface area (Å²) in [6.07, 6.45) is 2.63. The molecule has 0 bridgehead atoms. The molecule has 90 valence electrons. The van der Waals surface area contributed by atoms with Gasteiger partial charge in [-0.1, -0.05) is 6.92 Å². The summed E-state index contributed by atoms with van der Waals surface area (Å²) < 4.78 is 0. The van der Waals surface area contributed by atoms with Crippen LogP contribution in [0, 0.1) is 0 Å². The van der Waals surface area contributed by atoms with Gasteiger partial charge in [-0.15, -0.1) is 0 Å². The maximum absolute atomic E-state index is 12.2. The second-order valence-corrected chi connectivity index (χ2v) is 4.40. The van der Waals surface area contributed by atoms with Crippen LogP contribution in [0.4, 0.5) is 0 Å². The molecule has 2 atom stereocenters. The molecule has 2 heterocycles. The summed E-state index contributed by atoms with van der Waals surface area (Å²) >= 11 is 0. The molecule has 5 nitrogen and oxygen atoms in total. The fraction of sp³-hybridized carbons (Fsp3) is 0.818. The Labute approximate surface area is 95.6 Å². The Morgan fingerprint density at radius 3 is 2.94 bits per heavy atom. The number of hydrogen-bond donors (Lipinski definition) is 2. The zero-order valence-corrected chi connectivity index (χ0v) is 9.66. The molecule has 2 saturated heterocycles. The first-order chi connectivity index (χ1) is 7.74. The Morgan fingerprint density at radius 2 is 2.31 bits per heavy atom. The molecule has 2 N–H and O–H groups in total. The summed E-state index contributed by atoms with van der Waals surface area (Å²) in [7, 11) is 0. The van der Waals surface area contributed by atoms with Gasteiger partial charge in [-0.05, 0) is 25.8 Å². The van der Waals surface area contributed by atoms with E-state index in [1.165, 1.54) is 0 Å². The minimum absolute atomic E-state index is 0.0138. The number of carbonyl (C=O) groups is 2. The molecule has 0 aromatic heterocycles. The second-order valence-electron chi connectivity index (χ2n) is 4.40. The average Bonchev–Trinajstić information content (AvgIpc) is 2.81. The highest BCUT2D eigenvalue weighted by Crippen LogP contribution is 2.14. The van der Waals surface area contributed by atoms with E-state index < -0.39 is 0 Å². The third-order valence-electron chi connectivity index (χ3n) is 3.36. The van der Waals surface area contributed by atoms with Crippen molar-refractivity contribution in [1.82, 2.24) is 15.5 Å². The molecule has 0 radical (unpaired) electrons. The van der Waals surface area contributed by atoms with Crippen LogP contribution < -0.4 is 10.6 Å². The average molecular weight is 225 g/mol. The topological polar surface area (TPSA) is 61.4 Å². The molecule has 2 rings (SSSR count). The lowest BCUT2D eigenvalue weighted by Gasteiger charge is -2.36. The van der Waals surface area contributed by atoms with Crippen molar-refractivity contribution in [3.05, 3.63) is 0 Å². The first-order valence-corrected chi connectivity index (χ1v) is 6.05. The molecule has 16 heavy (non-hydrogen) atoms. The molecule has 2 aliphatic heterocycles. The van der Waals surface area contributed by atoms with Crippen molar-refractivity contribution in [2.75, 3.05) is 19.6 Å². The van der Waals surface area contributed by atoms with Crippen molar-refractivity contribution >= 4 is 11.8 Å². The molecular weight excluding hydrogens is 206 g/mol. The van der Waals surface area contributed by atoms with Crippen LogP contribution in [-0.4, -0.2) is 48.4 Å². The van der Waals surface area contributed by atoms with E-state index in [1.54, 1.807) is 4.90 Å². The van der Waals surface area contributed by atoms with Crippen molar-refractivity contribution in [3.63, 3.8) is 0 Å². The van der Waals surface area contributed by atoms with Gasteiger partial charge in [0.15, 0.2) is 0 Å². The SMILES string of the molecule is CCC1C(=O)NCCN1C(=O)C1CCCN1. The van der Waals surface area contributed by atoms with Crippen molar-refractivity contribution < 1.29 is 9.59 Å². The number of amides is 2. The van der Waals surface area contributed by atoms with Gasteiger partial charge in [0.05, 0.1) is 6.04 Å². The van der Waals surface area contributed by atoms with E-state index in [-0.39, 0.29) is 23.9 Å². The summed E-state index contributed by atoms with van der Waals surface area (Å²) in [5.41, 5.74) is 0. The Balaban J connectivity index is 2.05.